The largest absolute Gasteiger partial charge is 0.454 e. The number of thiazole rings is 1. The summed E-state index contributed by atoms with van der Waals surface area (Å²) in [6, 6.07) is 11.0. The molecule has 0 unspecified atom stereocenters. The van der Waals surface area contributed by atoms with E-state index in [2.05, 4.69) is 21.2 Å². The van der Waals surface area contributed by atoms with Gasteiger partial charge in [0.2, 0.25) is 6.79 Å². The zero-order valence-electron chi connectivity index (χ0n) is 13.4. The molecule has 0 saturated heterocycles. The average Bonchev–Trinajstić information content (AvgIpc) is 3.32. The highest BCUT2D eigenvalue weighted by Crippen LogP contribution is 2.32. The average molecular weight is 386 g/mol. The van der Waals surface area contributed by atoms with Crippen molar-refractivity contribution in [3.05, 3.63) is 53.0 Å². The predicted octanol–water partition coefficient (Wildman–Crippen LogP) is 2.33. The van der Waals surface area contributed by atoms with E-state index in [1.807, 2.05) is 24.3 Å². The number of carbonyl (C=O) groups is 1. The van der Waals surface area contributed by atoms with Gasteiger partial charge in [-0.05, 0) is 48.1 Å². The Labute approximate surface area is 158 Å². The number of nitrogens with one attached hydrogen (secondary N) is 3. The first-order chi connectivity index (χ1) is 12.7. The van der Waals surface area contributed by atoms with Crippen molar-refractivity contribution in [3.63, 3.8) is 0 Å². The number of thiocarbonyl (C=S) groups is 1. The van der Waals surface area contributed by atoms with Crippen molar-refractivity contribution >= 4 is 44.8 Å². The van der Waals surface area contributed by atoms with Crippen LogP contribution in [0.3, 0.4) is 0 Å². The van der Waals surface area contributed by atoms with Crippen LogP contribution in [0, 0.1) is 0 Å². The third kappa shape index (κ3) is 3.53. The van der Waals surface area contributed by atoms with Crippen LogP contribution in [-0.2, 0) is 6.54 Å². The van der Waals surface area contributed by atoms with Gasteiger partial charge in [0.25, 0.3) is 5.91 Å². The quantitative estimate of drug-likeness (QED) is 0.471. The Hall–Kier alpha value is -2.91. The van der Waals surface area contributed by atoms with Gasteiger partial charge in [-0.1, -0.05) is 6.07 Å². The lowest BCUT2D eigenvalue weighted by Gasteiger charge is -2.12. The van der Waals surface area contributed by atoms with Crippen molar-refractivity contribution in [2.45, 2.75) is 6.54 Å². The molecule has 2 heterocycles. The third-order valence-electron chi connectivity index (χ3n) is 3.77. The summed E-state index contributed by atoms with van der Waals surface area (Å²) < 4.78 is 11.6. The van der Waals surface area contributed by atoms with Crippen molar-refractivity contribution in [2.75, 3.05) is 6.79 Å². The molecule has 132 valence electrons. The zero-order chi connectivity index (χ0) is 17.9. The van der Waals surface area contributed by atoms with Gasteiger partial charge in [0.15, 0.2) is 16.6 Å². The minimum atomic E-state index is -0.271. The number of ether oxygens (including phenoxy) is 2. The van der Waals surface area contributed by atoms with Gasteiger partial charge in [-0.3, -0.25) is 15.6 Å². The number of hydrogen-bond acceptors (Lipinski definition) is 6. The highest BCUT2D eigenvalue weighted by atomic mass is 32.1. The lowest BCUT2D eigenvalue weighted by atomic mass is 10.2. The molecule has 9 heteroatoms. The van der Waals surface area contributed by atoms with Crippen LogP contribution in [0.4, 0.5) is 0 Å². The Morgan fingerprint density at radius 2 is 2.04 bits per heavy atom. The monoisotopic (exact) mass is 386 g/mol. The number of benzene rings is 2. The van der Waals surface area contributed by atoms with Gasteiger partial charge in [0.05, 0.1) is 15.7 Å². The van der Waals surface area contributed by atoms with Crippen LogP contribution in [0.15, 0.2) is 41.9 Å². The maximum Gasteiger partial charge on any atom is 0.269 e. The second-order valence-corrected chi connectivity index (χ2v) is 6.78. The van der Waals surface area contributed by atoms with Crippen LogP contribution in [0.1, 0.15) is 15.9 Å². The van der Waals surface area contributed by atoms with Gasteiger partial charge in [-0.15, -0.1) is 11.3 Å². The van der Waals surface area contributed by atoms with E-state index in [1.54, 1.807) is 17.6 Å². The van der Waals surface area contributed by atoms with Crippen LogP contribution in [0.5, 0.6) is 11.5 Å². The summed E-state index contributed by atoms with van der Waals surface area (Å²) in [5.41, 5.74) is 9.43. The second-order valence-electron chi connectivity index (χ2n) is 5.48. The van der Waals surface area contributed by atoms with Crippen LogP contribution < -0.4 is 25.6 Å². The van der Waals surface area contributed by atoms with E-state index in [-0.39, 0.29) is 12.7 Å². The Kier molecular flexibility index (Phi) is 4.55. The third-order valence-corrected chi connectivity index (χ3v) is 4.81. The first-order valence-electron chi connectivity index (χ1n) is 7.75. The van der Waals surface area contributed by atoms with Crippen molar-refractivity contribution in [1.29, 1.82) is 0 Å². The van der Waals surface area contributed by atoms with E-state index in [4.69, 9.17) is 21.7 Å². The zero-order valence-corrected chi connectivity index (χ0v) is 15.1. The van der Waals surface area contributed by atoms with E-state index in [9.17, 15) is 4.79 Å². The summed E-state index contributed by atoms with van der Waals surface area (Å²) in [4.78, 5) is 16.4. The van der Waals surface area contributed by atoms with Crippen molar-refractivity contribution in [2.24, 2.45) is 0 Å². The number of nitrogens with zero attached hydrogens (tertiary/aromatic N) is 1. The molecule has 4 rings (SSSR count). The molecule has 1 aliphatic rings. The summed E-state index contributed by atoms with van der Waals surface area (Å²) >= 11 is 6.67. The Morgan fingerprint density at radius 1 is 1.15 bits per heavy atom. The van der Waals surface area contributed by atoms with Crippen LogP contribution in [0.25, 0.3) is 10.2 Å². The minimum Gasteiger partial charge on any atom is -0.454 e. The van der Waals surface area contributed by atoms with Crippen LogP contribution in [-0.4, -0.2) is 22.8 Å². The molecule has 0 fully saturated rings. The number of rotatable bonds is 3. The Bertz CT molecular complexity index is 989. The molecule has 2 aromatic carbocycles. The van der Waals surface area contributed by atoms with E-state index >= 15 is 0 Å². The molecule has 26 heavy (non-hydrogen) atoms. The van der Waals surface area contributed by atoms with Gasteiger partial charge in [0.1, 0.15) is 0 Å². The van der Waals surface area contributed by atoms with Gasteiger partial charge in [0, 0.05) is 12.1 Å². The number of amides is 1. The number of hydrazine groups is 1. The summed E-state index contributed by atoms with van der Waals surface area (Å²) in [6.07, 6.45) is 0. The van der Waals surface area contributed by atoms with E-state index in [0.717, 1.165) is 27.3 Å². The molecule has 7 nitrogen and oxygen atoms in total. The molecule has 0 bridgehead atoms. The standard InChI is InChI=1S/C17H14N4O3S2/c22-16(11-2-3-12-15(6-11)26-8-19-12)20-21-17(25)18-7-10-1-4-13-14(5-10)24-9-23-13/h1-6,8H,7,9H2,(H,20,22)(H2,18,21,25). The minimum absolute atomic E-state index is 0.242. The summed E-state index contributed by atoms with van der Waals surface area (Å²) in [6.45, 7) is 0.733. The number of carbonyl (C=O) groups excluding carboxylic acids is 1. The molecule has 0 atom stereocenters. The van der Waals surface area contributed by atoms with Crippen LogP contribution >= 0.6 is 23.6 Å². The van der Waals surface area contributed by atoms with Crippen molar-refractivity contribution in [3.8, 4) is 11.5 Å². The second kappa shape index (κ2) is 7.14. The summed E-state index contributed by atoms with van der Waals surface area (Å²) in [5, 5.41) is 3.34. The summed E-state index contributed by atoms with van der Waals surface area (Å²) in [5.74, 6) is 1.18. The van der Waals surface area contributed by atoms with E-state index in [0.29, 0.717) is 17.2 Å². The lowest BCUT2D eigenvalue weighted by Crippen LogP contribution is -2.46. The highest BCUT2D eigenvalue weighted by Gasteiger charge is 2.13. The normalized spacial score (nSPS) is 12.0. The van der Waals surface area contributed by atoms with Crippen molar-refractivity contribution in [1.82, 2.24) is 21.2 Å². The maximum atomic E-state index is 12.2. The fourth-order valence-corrected chi connectivity index (χ4v) is 3.30. The molecule has 1 aliphatic heterocycles. The molecule has 3 aromatic rings. The molecule has 0 aliphatic carbocycles. The molecule has 0 saturated carbocycles. The van der Waals surface area contributed by atoms with Crippen molar-refractivity contribution < 1.29 is 14.3 Å². The Balaban J connectivity index is 1.28. The SMILES string of the molecule is O=C(NNC(=S)NCc1ccc2c(c1)OCO2)c1ccc2ncsc2c1. The first kappa shape index (κ1) is 16.6. The molecule has 3 N–H and O–H groups in total. The topological polar surface area (TPSA) is 84.5 Å². The molecule has 0 spiro atoms. The highest BCUT2D eigenvalue weighted by molar-refractivity contribution is 7.80. The van der Waals surface area contributed by atoms with Gasteiger partial charge >= 0.3 is 0 Å². The van der Waals surface area contributed by atoms with Gasteiger partial charge in [-0.2, -0.15) is 0 Å². The molecule has 0 radical (unpaired) electrons. The lowest BCUT2D eigenvalue weighted by molar-refractivity contribution is 0.0944. The molecule has 1 aromatic heterocycles. The smallest absolute Gasteiger partial charge is 0.269 e. The fourth-order valence-electron chi connectivity index (χ4n) is 2.46. The van der Waals surface area contributed by atoms with Crippen LogP contribution in [0.2, 0.25) is 0 Å². The van der Waals surface area contributed by atoms with E-state index in [1.165, 1.54) is 11.3 Å². The summed E-state index contributed by atoms with van der Waals surface area (Å²) in [7, 11) is 0. The number of fused-ring (bicyclic) bond motifs is 2. The molecular formula is C17H14N4O3S2. The Morgan fingerprint density at radius 3 is 2.96 bits per heavy atom. The molecule has 1 amide bonds. The molecular weight excluding hydrogens is 372 g/mol. The van der Waals surface area contributed by atoms with E-state index < -0.39 is 0 Å². The number of aromatic nitrogens is 1. The fraction of sp³-hybridized carbons (Fsp3) is 0.118. The van der Waals surface area contributed by atoms with Gasteiger partial charge in [-0.25, -0.2) is 4.98 Å². The predicted molar refractivity (Wildman–Crippen MR) is 102 cm³/mol. The maximum absolute atomic E-state index is 12.2. The van der Waals surface area contributed by atoms with Gasteiger partial charge < -0.3 is 14.8 Å². The first-order valence-corrected chi connectivity index (χ1v) is 9.04. The number of hydrogen-bond donors (Lipinski definition) is 3.